The summed E-state index contributed by atoms with van der Waals surface area (Å²) in [6, 6.07) is 5.00. The highest BCUT2D eigenvalue weighted by atomic mass is 32.2. The lowest BCUT2D eigenvalue weighted by Gasteiger charge is -2.30. The molecular weight excluding hydrogens is 264 g/mol. The second-order valence-electron chi connectivity index (χ2n) is 4.86. The Labute approximate surface area is 115 Å². The van der Waals surface area contributed by atoms with Crippen molar-refractivity contribution in [3.05, 3.63) is 18.2 Å². The summed E-state index contributed by atoms with van der Waals surface area (Å²) in [5.41, 5.74) is 7.20. The van der Waals surface area contributed by atoms with Crippen molar-refractivity contribution < 1.29 is 13.5 Å². The van der Waals surface area contributed by atoms with E-state index in [0.717, 1.165) is 11.9 Å². The molecule has 0 aromatic heterocycles. The van der Waals surface area contributed by atoms with E-state index in [4.69, 9.17) is 10.8 Å². The van der Waals surface area contributed by atoms with Crippen molar-refractivity contribution in [3.8, 4) is 0 Å². The van der Waals surface area contributed by atoms with Crippen LogP contribution < -0.4 is 10.6 Å². The van der Waals surface area contributed by atoms with Crippen LogP contribution in [0.5, 0.6) is 0 Å². The van der Waals surface area contributed by atoms with Crippen LogP contribution in [0.3, 0.4) is 0 Å². The van der Waals surface area contributed by atoms with Gasteiger partial charge in [-0.1, -0.05) is 0 Å². The normalized spacial score (nSPS) is 11.8. The summed E-state index contributed by atoms with van der Waals surface area (Å²) in [7, 11) is -3.24. The fraction of sp³-hybridized carbons (Fsp3) is 0.538. The summed E-state index contributed by atoms with van der Waals surface area (Å²) in [5, 5.41) is 8.93. The smallest absolute Gasteiger partial charge is 0.175 e. The van der Waals surface area contributed by atoms with Crippen LogP contribution in [0, 0.1) is 0 Å². The maximum absolute atomic E-state index is 11.5. The lowest BCUT2D eigenvalue weighted by Crippen LogP contribution is -2.32. The average molecular weight is 286 g/mol. The van der Waals surface area contributed by atoms with Crippen LogP contribution >= 0.6 is 0 Å². The summed E-state index contributed by atoms with van der Waals surface area (Å²) < 4.78 is 22.9. The first kappa shape index (κ1) is 15.8. The number of rotatable bonds is 6. The second kappa shape index (κ2) is 6.25. The third-order valence-electron chi connectivity index (χ3n) is 2.92. The van der Waals surface area contributed by atoms with Gasteiger partial charge in [0.1, 0.15) is 0 Å². The van der Waals surface area contributed by atoms with Gasteiger partial charge in [0.2, 0.25) is 0 Å². The number of nitrogen functional groups attached to an aromatic ring is 1. The molecule has 0 unspecified atom stereocenters. The molecule has 1 aromatic rings. The molecule has 19 heavy (non-hydrogen) atoms. The predicted octanol–water partition coefficient (Wildman–Crippen LogP) is 1.27. The number of sulfone groups is 1. The highest BCUT2D eigenvalue weighted by Gasteiger charge is 2.15. The van der Waals surface area contributed by atoms with Gasteiger partial charge in [-0.3, -0.25) is 0 Å². The first-order valence-electron chi connectivity index (χ1n) is 6.24. The third-order valence-corrected chi connectivity index (χ3v) is 4.03. The van der Waals surface area contributed by atoms with E-state index in [2.05, 4.69) is 4.90 Å². The number of nitrogens with two attached hydrogens (primary N) is 1. The van der Waals surface area contributed by atoms with E-state index >= 15 is 0 Å². The Morgan fingerprint density at radius 2 is 2.00 bits per heavy atom. The number of nitrogens with zero attached hydrogens (tertiary/aromatic N) is 1. The molecule has 0 spiro atoms. The first-order valence-corrected chi connectivity index (χ1v) is 8.13. The Hall–Kier alpha value is -1.27. The van der Waals surface area contributed by atoms with Crippen molar-refractivity contribution in [3.63, 3.8) is 0 Å². The SMILES string of the molecule is CC(C)N(CCCO)c1ccc(S(C)(=O)=O)cc1N. The van der Waals surface area contributed by atoms with E-state index in [1.165, 1.54) is 6.07 Å². The minimum Gasteiger partial charge on any atom is -0.397 e. The molecule has 0 atom stereocenters. The molecule has 0 aliphatic heterocycles. The van der Waals surface area contributed by atoms with Gasteiger partial charge in [0.25, 0.3) is 0 Å². The van der Waals surface area contributed by atoms with Gasteiger partial charge in [0.15, 0.2) is 9.84 Å². The van der Waals surface area contributed by atoms with E-state index in [1.54, 1.807) is 12.1 Å². The molecule has 0 amide bonds. The summed E-state index contributed by atoms with van der Waals surface area (Å²) in [5.74, 6) is 0. The standard InChI is InChI=1S/C13H22N2O3S/c1-10(2)15(7-4-8-16)13-6-5-11(9-12(13)14)19(3,17)18/h5-6,9-10,16H,4,7-8,14H2,1-3H3. The van der Waals surface area contributed by atoms with Crippen molar-refractivity contribution in [2.24, 2.45) is 0 Å². The van der Waals surface area contributed by atoms with Crippen LogP contribution in [-0.2, 0) is 9.84 Å². The Morgan fingerprint density at radius 3 is 2.42 bits per heavy atom. The number of aliphatic hydroxyl groups excluding tert-OH is 1. The third kappa shape index (κ3) is 4.11. The number of hydrogen-bond donors (Lipinski definition) is 2. The molecule has 3 N–H and O–H groups in total. The van der Waals surface area contributed by atoms with Crippen molar-refractivity contribution in [2.75, 3.05) is 30.0 Å². The van der Waals surface area contributed by atoms with Crippen LogP contribution in [0.2, 0.25) is 0 Å². The fourth-order valence-corrected chi connectivity index (χ4v) is 2.58. The number of anilines is 2. The molecule has 1 aromatic carbocycles. The van der Waals surface area contributed by atoms with Crippen LogP contribution in [0.15, 0.2) is 23.1 Å². The van der Waals surface area contributed by atoms with Crippen molar-refractivity contribution in [1.82, 2.24) is 0 Å². The minimum atomic E-state index is -3.24. The van der Waals surface area contributed by atoms with Crippen molar-refractivity contribution >= 4 is 21.2 Å². The second-order valence-corrected chi connectivity index (χ2v) is 6.87. The topological polar surface area (TPSA) is 83.6 Å². The van der Waals surface area contributed by atoms with Gasteiger partial charge in [-0.25, -0.2) is 8.42 Å². The van der Waals surface area contributed by atoms with E-state index < -0.39 is 9.84 Å². The van der Waals surface area contributed by atoms with Crippen LogP contribution in [0.4, 0.5) is 11.4 Å². The molecule has 0 radical (unpaired) electrons. The fourth-order valence-electron chi connectivity index (χ4n) is 1.92. The molecular formula is C13H22N2O3S. The zero-order chi connectivity index (χ0) is 14.6. The maximum atomic E-state index is 11.5. The zero-order valence-electron chi connectivity index (χ0n) is 11.6. The summed E-state index contributed by atoms with van der Waals surface area (Å²) >= 11 is 0. The summed E-state index contributed by atoms with van der Waals surface area (Å²) in [6.07, 6.45) is 1.80. The Bertz CT molecular complexity index is 527. The highest BCUT2D eigenvalue weighted by molar-refractivity contribution is 7.90. The van der Waals surface area contributed by atoms with Crippen LogP contribution in [-0.4, -0.2) is 39.0 Å². The molecule has 0 bridgehead atoms. The van der Waals surface area contributed by atoms with E-state index in [0.29, 0.717) is 18.7 Å². The zero-order valence-corrected chi connectivity index (χ0v) is 12.4. The molecule has 0 aliphatic carbocycles. The lowest BCUT2D eigenvalue weighted by atomic mass is 10.2. The largest absolute Gasteiger partial charge is 0.397 e. The molecule has 0 saturated heterocycles. The van der Waals surface area contributed by atoms with Gasteiger partial charge >= 0.3 is 0 Å². The summed E-state index contributed by atoms with van der Waals surface area (Å²) in [6.45, 7) is 4.85. The van der Waals surface area contributed by atoms with E-state index in [9.17, 15) is 8.42 Å². The quantitative estimate of drug-likeness (QED) is 0.769. The molecule has 0 aliphatic rings. The van der Waals surface area contributed by atoms with Gasteiger partial charge in [0, 0.05) is 25.4 Å². The predicted molar refractivity (Wildman–Crippen MR) is 78.1 cm³/mol. The first-order chi connectivity index (χ1) is 8.77. The summed E-state index contributed by atoms with van der Waals surface area (Å²) in [4.78, 5) is 2.28. The molecule has 0 heterocycles. The van der Waals surface area contributed by atoms with Crippen LogP contribution in [0.1, 0.15) is 20.3 Å². The molecule has 108 valence electrons. The maximum Gasteiger partial charge on any atom is 0.175 e. The Balaban J connectivity index is 3.12. The number of hydrogen-bond acceptors (Lipinski definition) is 5. The van der Waals surface area contributed by atoms with Gasteiger partial charge in [-0.2, -0.15) is 0 Å². The van der Waals surface area contributed by atoms with Gasteiger partial charge < -0.3 is 15.7 Å². The lowest BCUT2D eigenvalue weighted by molar-refractivity contribution is 0.288. The monoisotopic (exact) mass is 286 g/mol. The Morgan fingerprint density at radius 1 is 1.37 bits per heavy atom. The minimum absolute atomic E-state index is 0.116. The van der Waals surface area contributed by atoms with Gasteiger partial charge in [-0.15, -0.1) is 0 Å². The molecule has 6 heteroatoms. The van der Waals surface area contributed by atoms with Crippen molar-refractivity contribution in [1.29, 1.82) is 0 Å². The number of benzene rings is 1. The van der Waals surface area contributed by atoms with Gasteiger partial charge in [-0.05, 0) is 38.5 Å². The average Bonchev–Trinajstić information content (AvgIpc) is 2.29. The molecule has 0 fully saturated rings. The molecule has 1 rings (SSSR count). The van der Waals surface area contributed by atoms with Crippen LogP contribution in [0.25, 0.3) is 0 Å². The Kier molecular flexibility index (Phi) is 5.20. The molecule has 5 nitrogen and oxygen atoms in total. The van der Waals surface area contributed by atoms with E-state index in [1.807, 2.05) is 13.8 Å². The number of aliphatic hydroxyl groups is 1. The van der Waals surface area contributed by atoms with Gasteiger partial charge in [0.05, 0.1) is 16.3 Å². The molecule has 0 saturated carbocycles. The van der Waals surface area contributed by atoms with Crippen molar-refractivity contribution in [2.45, 2.75) is 31.2 Å². The highest BCUT2D eigenvalue weighted by Crippen LogP contribution is 2.28. The van der Waals surface area contributed by atoms with E-state index in [-0.39, 0.29) is 17.5 Å².